The molecule has 10 nitrogen and oxygen atoms in total. The Morgan fingerprint density at radius 2 is 1.04 bits per heavy atom. The maximum Gasteiger partial charge on any atom is 0.306 e. The summed E-state index contributed by atoms with van der Waals surface area (Å²) in [7, 11) is 0. The number of nitrogens with one attached hydrogen (secondary N) is 2. The van der Waals surface area contributed by atoms with Crippen molar-refractivity contribution in [1.29, 1.82) is 0 Å². The number of aliphatic hydroxyl groups is 2. The molecule has 0 aliphatic rings. The maximum absolute atomic E-state index is 10.8. The molecule has 0 saturated carbocycles. The molecule has 0 bridgehead atoms. The number of rotatable bonds is 15. The zero-order chi connectivity index (χ0) is 35.4. The Labute approximate surface area is 297 Å². The number of thiazole rings is 2. The van der Waals surface area contributed by atoms with Gasteiger partial charge in [-0.05, 0) is 82.6 Å². The van der Waals surface area contributed by atoms with Crippen LogP contribution in [0.25, 0.3) is 53.8 Å². The number of aromatic nitrogens is 2. The van der Waals surface area contributed by atoms with E-state index in [1.807, 2.05) is 12.1 Å². The number of aliphatic hydroxyl groups excluding tert-OH is 2. The van der Waals surface area contributed by atoms with Crippen molar-refractivity contribution in [2.75, 3.05) is 13.1 Å². The summed E-state index contributed by atoms with van der Waals surface area (Å²) in [5, 5.41) is 45.3. The highest BCUT2D eigenvalue weighted by Gasteiger charge is 2.16. The number of benzene rings is 4. The zero-order valence-corrected chi connectivity index (χ0v) is 29.3. The minimum Gasteiger partial charge on any atom is -0.481 e. The minimum absolute atomic E-state index is 0.184. The summed E-state index contributed by atoms with van der Waals surface area (Å²) in [6, 6.07) is 25.4. The van der Waals surface area contributed by atoms with E-state index >= 15 is 0 Å². The molecule has 2 aromatic heterocycles. The molecule has 0 aliphatic carbocycles. The third-order valence-corrected chi connectivity index (χ3v) is 10.6. The number of carboxylic acid groups (broad SMARTS) is 2. The molecule has 50 heavy (non-hydrogen) atoms. The topological polar surface area (TPSA) is 165 Å². The van der Waals surface area contributed by atoms with Gasteiger partial charge in [0.2, 0.25) is 0 Å². The predicted octanol–water partition coefficient (Wildman–Crippen LogP) is 6.37. The standard InChI is InChI=1S/C38H38N4O6S2/c1-21-27(23-9-11-31-33(13-23)49-35(41-31)19-39-17-25(43)15-37(45)46)5-3-7-29(21)30-8-4-6-28(22(30)2)24-10-12-32-34(14-24)50-36(42-32)20-40-18-26(44)16-38(47)48/h3-14,25-26,39-40,43-44H,15-20H2,1-2H3,(H,45,46)(H,47,48)/t25-,26-/m1/s1. The molecule has 2 heterocycles. The third kappa shape index (κ3) is 8.24. The van der Waals surface area contributed by atoms with Gasteiger partial charge in [-0.25, -0.2) is 9.97 Å². The van der Waals surface area contributed by atoms with Gasteiger partial charge in [-0.1, -0.05) is 48.5 Å². The van der Waals surface area contributed by atoms with Gasteiger partial charge in [-0.3, -0.25) is 9.59 Å². The molecule has 6 rings (SSSR count). The molecule has 12 heteroatoms. The van der Waals surface area contributed by atoms with E-state index in [-0.39, 0.29) is 25.9 Å². The molecule has 4 aromatic carbocycles. The Balaban J connectivity index is 1.21. The van der Waals surface area contributed by atoms with Crippen LogP contribution in [0.2, 0.25) is 0 Å². The van der Waals surface area contributed by atoms with Crippen molar-refractivity contribution in [3.8, 4) is 33.4 Å². The van der Waals surface area contributed by atoms with Gasteiger partial charge in [0.05, 0.1) is 45.5 Å². The number of hydrogen-bond donors (Lipinski definition) is 6. The molecule has 2 atom stereocenters. The van der Waals surface area contributed by atoms with Crippen molar-refractivity contribution < 1.29 is 30.0 Å². The molecule has 0 unspecified atom stereocenters. The molecule has 0 aliphatic heterocycles. The third-order valence-electron chi connectivity index (χ3n) is 8.58. The van der Waals surface area contributed by atoms with Crippen LogP contribution in [0, 0.1) is 13.8 Å². The molecule has 6 aromatic rings. The molecular formula is C38H38N4O6S2. The minimum atomic E-state index is -1.03. The second kappa shape index (κ2) is 15.5. The van der Waals surface area contributed by atoms with Crippen molar-refractivity contribution >= 4 is 55.0 Å². The van der Waals surface area contributed by atoms with Crippen LogP contribution in [0.15, 0.2) is 72.8 Å². The summed E-state index contributed by atoms with van der Waals surface area (Å²) in [5.74, 6) is -2.06. The molecule has 0 saturated heterocycles. The van der Waals surface area contributed by atoms with Crippen molar-refractivity contribution in [3.63, 3.8) is 0 Å². The quantitative estimate of drug-likeness (QED) is 0.0705. The summed E-state index contributed by atoms with van der Waals surface area (Å²) in [6.07, 6.45) is -2.49. The lowest BCUT2D eigenvalue weighted by atomic mass is 9.88. The number of fused-ring (bicyclic) bond motifs is 2. The van der Waals surface area contributed by atoms with E-state index in [2.05, 4.69) is 85.1 Å². The number of aliphatic carboxylic acids is 2. The highest BCUT2D eigenvalue weighted by molar-refractivity contribution is 7.18. The van der Waals surface area contributed by atoms with Crippen LogP contribution < -0.4 is 10.6 Å². The van der Waals surface area contributed by atoms with Crippen LogP contribution >= 0.6 is 22.7 Å². The zero-order valence-electron chi connectivity index (χ0n) is 27.6. The normalized spacial score (nSPS) is 12.8. The summed E-state index contributed by atoms with van der Waals surface area (Å²) in [5.41, 5.74) is 10.9. The van der Waals surface area contributed by atoms with Crippen molar-refractivity contribution in [3.05, 3.63) is 93.9 Å². The SMILES string of the molecule is Cc1c(-c2ccc3nc(CNC[C@H](O)CC(=O)O)sc3c2)cccc1-c1cccc(-c2ccc3nc(CNC[C@H](O)CC(=O)O)sc3c2)c1C. The lowest BCUT2D eigenvalue weighted by Gasteiger charge is -2.16. The molecule has 0 fully saturated rings. The van der Waals surface area contributed by atoms with E-state index in [0.29, 0.717) is 13.1 Å². The summed E-state index contributed by atoms with van der Waals surface area (Å²) in [6.45, 7) is 5.58. The average molecular weight is 711 g/mol. The van der Waals surface area contributed by atoms with Crippen LogP contribution in [-0.2, 0) is 22.7 Å². The number of nitrogens with zero attached hydrogens (tertiary/aromatic N) is 2. The van der Waals surface area contributed by atoms with Gasteiger partial charge < -0.3 is 31.1 Å². The van der Waals surface area contributed by atoms with Gasteiger partial charge in [0, 0.05) is 26.2 Å². The first kappa shape index (κ1) is 35.3. The second-order valence-electron chi connectivity index (χ2n) is 12.3. The first-order valence-corrected chi connectivity index (χ1v) is 17.9. The Hall–Kier alpha value is -4.56. The van der Waals surface area contributed by atoms with E-state index in [4.69, 9.17) is 20.2 Å². The summed E-state index contributed by atoms with van der Waals surface area (Å²) in [4.78, 5) is 31.0. The molecule has 6 N–H and O–H groups in total. The van der Waals surface area contributed by atoms with E-state index < -0.39 is 24.1 Å². The highest BCUT2D eigenvalue weighted by atomic mass is 32.1. The van der Waals surface area contributed by atoms with Crippen LogP contribution in [0.1, 0.15) is 34.0 Å². The molecule has 0 spiro atoms. The average Bonchev–Trinajstić information content (AvgIpc) is 3.67. The molecule has 258 valence electrons. The first-order chi connectivity index (χ1) is 24.0. The Bertz CT molecular complexity index is 2020. The Morgan fingerprint density at radius 1 is 0.640 bits per heavy atom. The van der Waals surface area contributed by atoms with Gasteiger partial charge in [0.15, 0.2) is 0 Å². The van der Waals surface area contributed by atoms with Crippen LogP contribution in [0.3, 0.4) is 0 Å². The van der Waals surface area contributed by atoms with Crippen LogP contribution in [0.4, 0.5) is 0 Å². The fourth-order valence-corrected chi connectivity index (χ4v) is 8.10. The van der Waals surface area contributed by atoms with Crippen molar-refractivity contribution in [2.45, 2.75) is 52.0 Å². The second-order valence-corrected chi connectivity index (χ2v) is 14.5. The fourth-order valence-electron chi connectivity index (χ4n) is 6.15. The molecule has 0 amide bonds. The fraction of sp³-hybridized carbons (Fsp3) is 0.263. The number of carbonyl (C=O) groups is 2. The molecule has 0 radical (unpaired) electrons. The summed E-state index contributed by atoms with van der Waals surface area (Å²) < 4.78 is 2.11. The van der Waals surface area contributed by atoms with Gasteiger partial charge >= 0.3 is 11.9 Å². The van der Waals surface area contributed by atoms with Crippen molar-refractivity contribution in [1.82, 2.24) is 20.6 Å². The number of hydrogen-bond acceptors (Lipinski definition) is 10. The monoisotopic (exact) mass is 710 g/mol. The van der Waals surface area contributed by atoms with Crippen LogP contribution in [-0.4, -0.2) is 67.6 Å². The van der Waals surface area contributed by atoms with E-state index in [1.54, 1.807) is 22.7 Å². The predicted molar refractivity (Wildman–Crippen MR) is 199 cm³/mol. The van der Waals surface area contributed by atoms with Gasteiger partial charge in [0.25, 0.3) is 0 Å². The lowest BCUT2D eigenvalue weighted by Crippen LogP contribution is -2.28. The summed E-state index contributed by atoms with van der Waals surface area (Å²) >= 11 is 3.16. The van der Waals surface area contributed by atoms with Gasteiger partial charge in [-0.15, -0.1) is 22.7 Å². The van der Waals surface area contributed by atoms with E-state index in [9.17, 15) is 19.8 Å². The van der Waals surface area contributed by atoms with Crippen LogP contribution in [0.5, 0.6) is 0 Å². The van der Waals surface area contributed by atoms with Gasteiger partial charge in [0.1, 0.15) is 10.0 Å². The Kier molecular flexibility index (Phi) is 11.0. The first-order valence-electron chi connectivity index (χ1n) is 16.3. The van der Waals surface area contributed by atoms with E-state index in [1.165, 1.54) is 11.1 Å². The van der Waals surface area contributed by atoms with E-state index in [0.717, 1.165) is 63.8 Å². The Morgan fingerprint density at radius 3 is 1.44 bits per heavy atom. The molecular weight excluding hydrogens is 673 g/mol. The smallest absolute Gasteiger partial charge is 0.306 e. The lowest BCUT2D eigenvalue weighted by molar-refractivity contribution is -0.140. The highest BCUT2D eigenvalue weighted by Crippen LogP contribution is 2.39. The maximum atomic E-state index is 10.8. The van der Waals surface area contributed by atoms with Crippen molar-refractivity contribution in [2.24, 2.45) is 0 Å². The van der Waals surface area contributed by atoms with Gasteiger partial charge in [-0.2, -0.15) is 0 Å². The largest absolute Gasteiger partial charge is 0.481 e. The number of carboxylic acids is 2.